The molecule has 3 heteroatoms. The van der Waals surface area contributed by atoms with Crippen LogP contribution < -0.4 is 0 Å². The third kappa shape index (κ3) is 3.25. The molecule has 0 atom stereocenters. The predicted octanol–water partition coefficient (Wildman–Crippen LogP) is 9.67. The first kappa shape index (κ1) is 19.7. The maximum absolute atomic E-state index is 5.04. The van der Waals surface area contributed by atoms with Gasteiger partial charge in [-0.1, -0.05) is 84.9 Å². The molecule has 34 heavy (non-hydrogen) atoms. The summed E-state index contributed by atoms with van der Waals surface area (Å²) in [5.41, 5.74) is 5.47. The van der Waals surface area contributed by atoms with Gasteiger partial charge in [-0.2, -0.15) is 0 Å². The summed E-state index contributed by atoms with van der Waals surface area (Å²) in [5, 5.41) is 7.48. The molecule has 0 radical (unpaired) electrons. The lowest BCUT2D eigenvalue weighted by molar-refractivity contribution is 1.32. The van der Waals surface area contributed by atoms with Gasteiger partial charge in [0.2, 0.25) is 0 Å². The summed E-state index contributed by atoms with van der Waals surface area (Å²) in [6, 6.07) is 39.0. The first-order chi connectivity index (χ1) is 16.8. The smallest absolute Gasteiger partial charge is 0.0715 e. The third-order valence-corrected chi connectivity index (χ3v) is 8.54. The fraction of sp³-hybridized carbons (Fsp3) is 0. The van der Waals surface area contributed by atoms with Crippen LogP contribution in [-0.2, 0) is 0 Å². The minimum absolute atomic E-state index is 1.000. The summed E-state index contributed by atoms with van der Waals surface area (Å²) in [7, 11) is 0. The lowest BCUT2D eigenvalue weighted by atomic mass is 10.0. The molecule has 0 aliphatic heterocycles. The molecule has 1 nitrogen and oxygen atoms in total. The Balaban J connectivity index is 1.46. The minimum Gasteiger partial charge on any atom is -0.248 e. The molecule has 0 saturated heterocycles. The number of pyridine rings is 1. The molecule has 0 N–H and O–H groups in total. The van der Waals surface area contributed by atoms with E-state index in [4.69, 9.17) is 4.98 Å². The predicted molar refractivity (Wildman–Crippen MR) is 149 cm³/mol. The molecule has 4 aromatic carbocycles. The summed E-state index contributed by atoms with van der Waals surface area (Å²) in [5.74, 6) is 0. The maximum atomic E-state index is 5.04. The Kier molecular flexibility index (Phi) is 4.57. The van der Waals surface area contributed by atoms with Gasteiger partial charge in [-0.3, -0.25) is 0 Å². The summed E-state index contributed by atoms with van der Waals surface area (Å²) in [6.07, 6.45) is 0. The van der Waals surface area contributed by atoms with E-state index in [1.807, 2.05) is 34.8 Å². The standard InChI is InChI=1S/C31H19NS2/c1-3-7-20(8-4-1)27-17-24(18-28(32-27)21-9-5-2-6-10-21)29-19-23-12-14-25-26(31(23)34-29)13-11-22-15-16-33-30(22)25/h1-19H. The zero-order valence-electron chi connectivity index (χ0n) is 18.2. The van der Waals surface area contributed by atoms with Crippen molar-refractivity contribution < 1.29 is 0 Å². The number of thiophene rings is 2. The lowest BCUT2D eigenvalue weighted by Gasteiger charge is -2.09. The van der Waals surface area contributed by atoms with Crippen LogP contribution >= 0.6 is 22.7 Å². The monoisotopic (exact) mass is 469 g/mol. The second kappa shape index (κ2) is 7.91. The molecule has 3 aromatic heterocycles. The minimum atomic E-state index is 1.000. The number of aromatic nitrogens is 1. The molecule has 160 valence electrons. The van der Waals surface area contributed by atoms with Crippen molar-refractivity contribution >= 4 is 53.6 Å². The molecule has 7 aromatic rings. The van der Waals surface area contributed by atoms with E-state index in [2.05, 4.69) is 102 Å². The molecule has 0 bridgehead atoms. The van der Waals surface area contributed by atoms with E-state index in [1.165, 1.54) is 41.4 Å². The highest BCUT2D eigenvalue weighted by atomic mass is 32.1. The van der Waals surface area contributed by atoms with Gasteiger partial charge in [0.15, 0.2) is 0 Å². The van der Waals surface area contributed by atoms with E-state index < -0.39 is 0 Å². The summed E-state index contributed by atoms with van der Waals surface area (Å²) in [4.78, 5) is 6.31. The molecule has 3 heterocycles. The fourth-order valence-electron chi connectivity index (χ4n) is 4.66. The van der Waals surface area contributed by atoms with Crippen molar-refractivity contribution in [2.75, 3.05) is 0 Å². The van der Waals surface area contributed by atoms with E-state index in [9.17, 15) is 0 Å². The zero-order chi connectivity index (χ0) is 22.5. The Labute approximate surface area is 205 Å². The SMILES string of the molecule is c1ccc(-c2cc(-c3cc4ccc5c(ccc6ccsc65)c4s3)cc(-c3ccccc3)n2)cc1. The third-order valence-electron chi connectivity index (χ3n) is 6.34. The Morgan fingerprint density at radius 3 is 1.79 bits per heavy atom. The van der Waals surface area contributed by atoms with Crippen molar-refractivity contribution in [3.8, 4) is 33.0 Å². The summed E-state index contributed by atoms with van der Waals surface area (Å²) in [6.45, 7) is 0. The average Bonchev–Trinajstić information content (AvgIpc) is 3.57. The topological polar surface area (TPSA) is 12.9 Å². The van der Waals surface area contributed by atoms with Gasteiger partial charge >= 0.3 is 0 Å². The Hall–Kier alpha value is -3.79. The number of hydrogen-bond donors (Lipinski definition) is 0. The molecular weight excluding hydrogens is 450 g/mol. The van der Waals surface area contributed by atoms with Crippen LogP contribution in [0.5, 0.6) is 0 Å². The molecule has 0 fully saturated rings. The summed E-state index contributed by atoms with van der Waals surface area (Å²) >= 11 is 3.70. The number of hydrogen-bond acceptors (Lipinski definition) is 3. The van der Waals surface area contributed by atoms with Crippen LogP contribution in [0.3, 0.4) is 0 Å². The van der Waals surface area contributed by atoms with Crippen molar-refractivity contribution in [1.29, 1.82) is 0 Å². The Morgan fingerprint density at radius 2 is 1.12 bits per heavy atom. The van der Waals surface area contributed by atoms with Crippen molar-refractivity contribution in [1.82, 2.24) is 4.98 Å². The van der Waals surface area contributed by atoms with Crippen molar-refractivity contribution in [2.24, 2.45) is 0 Å². The number of benzene rings is 4. The molecule has 0 amide bonds. The van der Waals surface area contributed by atoms with Crippen LogP contribution in [0.25, 0.3) is 63.9 Å². The van der Waals surface area contributed by atoms with E-state index in [0.29, 0.717) is 0 Å². The van der Waals surface area contributed by atoms with E-state index in [-0.39, 0.29) is 0 Å². The first-order valence-corrected chi connectivity index (χ1v) is 13.0. The van der Waals surface area contributed by atoms with Crippen molar-refractivity contribution in [2.45, 2.75) is 0 Å². The second-order valence-electron chi connectivity index (χ2n) is 8.45. The van der Waals surface area contributed by atoms with E-state index >= 15 is 0 Å². The molecule has 0 spiro atoms. The van der Waals surface area contributed by atoms with Crippen molar-refractivity contribution in [3.63, 3.8) is 0 Å². The lowest BCUT2D eigenvalue weighted by Crippen LogP contribution is -1.90. The first-order valence-electron chi connectivity index (χ1n) is 11.3. The molecule has 0 aliphatic carbocycles. The van der Waals surface area contributed by atoms with Crippen LogP contribution in [0.15, 0.2) is 115 Å². The van der Waals surface area contributed by atoms with Crippen LogP contribution in [0, 0.1) is 0 Å². The quantitative estimate of drug-likeness (QED) is 0.251. The normalized spacial score (nSPS) is 11.5. The van der Waals surface area contributed by atoms with Crippen molar-refractivity contribution in [3.05, 3.63) is 115 Å². The maximum Gasteiger partial charge on any atom is 0.0715 e. The highest BCUT2D eigenvalue weighted by Crippen LogP contribution is 2.41. The Bertz CT molecular complexity index is 1740. The van der Waals surface area contributed by atoms with Gasteiger partial charge in [0.05, 0.1) is 11.4 Å². The molecule has 0 aliphatic rings. The fourth-order valence-corrected chi connectivity index (χ4v) is 6.76. The van der Waals surface area contributed by atoms with Gasteiger partial charge in [-0.15, -0.1) is 22.7 Å². The summed E-state index contributed by atoms with van der Waals surface area (Å²) < 4.78 is 2.72. The highest BCUT2D eigenvalue weighted by Gasteiger charge is 2.13. The second-order valence-corrected chi connectivity index (χ2v) is 10.4. The average molecular weight is 470 g/mol. The van der Waals surface area contributed by atoms with Crippen LogP contribution in [0.1, 0.15) is 0 Å². The van der Waals surface area contributed by atoms with E-state index in [1.54, 1.807) is 0 Å². The van der Waals surface area contributed by atoms with Crippen LogP contribution in [-0.4, -0.2) is 4.98 Å². The van der Waals surface area contributed by atoms with Gasteiger partial charge in [0.25, 0.3) is 0 Å². The van der Waals surface area contributed by atoms with Gasteiger partial charge in [0.1, 0.15) is 0 Å². The number of fused-ring (bicyclic) bond motifs is 5. The highest BCUT2D eigenvalue weighted by molar-refractivity contribution is 7.23. The molecule has 7 rings (SSSR count). The number of nitrogens with zero attached hydrogens (tertiary/aromatic N) is 1. The van der Waals surface area contributed by atoms with Gasteiger partial charge in [-0.25, -0.2) is 4.98 Å². The molecule has 0 saturated carbocycles. The van der Waals surface area contributed by atoms with Gasteiger partial charge in [-0.05, 0) is 46.0 Å². The van der Waals surface area contributed by atoms with Gasteiger partial charge in [0, 0.05) is 36.2 Å². The number of rotatable bonds is 3. The molecule has 0 unspecified atom stereocenters. The van der Waals surface area contributed by atoms with Crippen LogP contribution in [0.4, 0.5) is 0 Å². The van der Waals surface area contributed by atoms with E-state index in [0.717, 1.165) is 22.5 Å². The zero-order valence-corrected chi connectivity index (χ0v) is 19.9. The van der Waals surface area contributed by atoms with Crippen LogP contribution in [0.2, 0.25) is 0 Å². The Morgan fingerprint density at radius 1 is 0.500 bits per heavy atom. The molecular formula is C31H19NS2. The van der Waals surface area contributed by atoms with Gasteiger partial charge < -0.3 is 0 Å². The largest absolute Gasteiger partial charge is 0.248 e.